The van der Waals surface area contributed by atoms with Crippen molar-refractivity contribution in [3.8, 4) is 0 Å². The Balaban J connectivity index is 1.59. The van der Waals surface area contributed by atoms with Gasteiger partial charge in [-0.1, -0.05) is 12.8 Å². The van der Waals surface area contributed by atoms with Crippen LogP contribution in [0.15, 0.2) is 0 Å². The van der Waals surface area contributed by atoms with Gasteiger partial charge in [-0.2, -0.15) is 0 Å². The third-order valence-electron chi connectivity index (χ3n) is 6.32. The summed E-state index contributed by atoms with van der Waals surface area (Å²) in [6.07, 6.45) is 9.79. The summed E-state index contributed by atoms with van der Waals surface area (Å²) in [5, 5.41) is 3.17. The number of hydrogen-bond donors (Lipinski definition) is 1. The molecule has 0 radical (unpaired) electrons. The maximum absolute atomic E-state index is 12.7. The lowest BCUT2D eigenvalue weighted by Gasteiger charge is -2.18. The number of rotatable bonds is 5. The van der Waals surface area contributed by atoms with Crippen LogP contribution in [0.1, 0.15) is 78.7 Å². The van der Waals surface area contributed by atoms with Crippen LogP contribution in [0.5, 0.6) is 0 Å². The molecule has 3 aliphatic rings. The zero-order valence-corrected chi connectivity index (χ0v) is 15.8. The molecule has 0 unspecified atom stereocenters. The second kappa shape index (κ2) is 7.55. The standard InChI is InChI=1S/C21H30N2O3/c1-14-17(12-20(25)22-15-6-2-3-7-15)21-18(9-4-10-19(21)24)23(14)13-16-8-5-11-26-16/h15-16H,2-13H2,1H3,(H,22,25)/t16-/m1/s1. The second-order valence-corrected chi connectivity index (χ2v) is 8.13. The number of Topliss-reactive ketones (excluding diaryl/α,β-unsaturated/α-hetero) is 1. The minimum Gasteiger partial charge on any atom is -0.376 e. The van der Waals surface area contributed by atoms with Crippen LogP contribution in [-0.4, -0.2) is 35.0 Å². The van der Waals surface area contributed by atoms with Crippen LogP contribution in [0, 0.1) is 6.92 Å². The summed E-state index contributed by atoms with van der Waals surface area (Å²) in [5.41, 5.74) is 4.02. The predicted octanol–water partition coefficient (Wildman–Crippen LogP) is 3.10. The molecule has 2 aliphatic carbocycles. The molecule has 2 fully saturated rings. The maximum Gasteiger partial charge on any atom is 0.224 e. The van der Waals surface area contributed by atoms with Crippen LogP contribution in [0.4, 0.5) is 0 Å². The number of carbonyl (C=O) groups excluding carboxylic acids is 2. The highest BCUT2D eigenvalue weighted by Gasteiger charge is 2.31. The fraction of sp³-hybridized carbons (Fsp3) is 0.714. The maximum atomic E-state index is 12.7. The summed E-state index contributed by atoms with van der Waals surface area (Å²) in [6, 6.07) is 0.323. The SMILES string of the molecule is Cc1c(CC(=O)NC2CCCC2)c2c(n1C[C@H]1CCCO1)CCCC2=O. The van der Waals surface area contributed by atoms with E-state index in [1.165, 1.54) is 12.8 Å². The van der Waals surface area contributed by atoms with Crippen LogP contribution in [0.2, 0.25) is 0 Å². The van der Waals surface area contributed by atoms with Gasteiger partial charge in [0, 0.05) is 42.6 Å². The number of nitrogens with one attached hydrogen (secondary N) is 1. The van der Waals surface area contributed by atoms with Crippen molar-refractivity contribution in [1.82, 2.24) is 9.88 Å². The summed E-state index contributed by atoms with van der Waals surface area (Å²) in [4.78, 5) is 25.3. The zero-order chi connectivity index (χ0) is 18.1. The fourth-order valence-electron chi connectivity index (χ4n) is 4.95. The smallest absolute Gasteiger partial charge is 0.224 e. The lowest BCUT2D eigenvalue weighted by molar-refractivity contribution is -0.121. The van der Waals surface area contributed by atoms with Crippen molar-refractivity contribution >= 4 is 11.7 Å². The Hall–Kier alpha value is -1.62. The van der Waals surface area contributed by atoms with Crippen molar-refractivity contribution in [3.63, 3.8) is 0 Å². The molecule has 4 rings (SSSR count). The van der Waals surface area contributed by atoms with Gasteiger partial charge in [-0.15, -0.1) is 0 Å². The predicted molar refractivity (Wildman–Crippen MR) is 99.5 cm³/mol. The van der Waals surface area contributed by atoms with Crippen LogP contribution in [0.3, 0.4) is 0 Å². The average Bonchev–Trinajstić information content (AvgIpc) is 3.35. The Morgan fingerprint density at radius 2 is 1.96 bits per heavy atom. The van der Waals surface area contributed by atoms with Crippen LogP contribution < -0.4 is 5.32 Å². The fourth-order valence-corrected chi connectivity index (χ4v) is 4.95. The topological polar surface area (TPSA) is 60.3 Å². The Morgan fingerprint density at radius 1 is 1.15 bits per heavy atom. The second-order valence-electron chi connectivity index (χ2n) is 8.13. The van der Waals surface area contributed by atoms with Gasteiger partial charge in [-0.25, -0.2) is 0 Å². The number of hydrogen-bond acceptors (Lipinski definition) is 3. The highest BCUT2D eigenvalue weighted by Crippen LogP contribution is 2.32. The molecule has 1 saturated carbocycles. The lowest BCUT2D eigenvalue weighted by atomic mass is 9.92. The minimum atomic E-state index is 0.0652. The summed E-state index contributed by atoms with van der Waals surface area (Å²) >= 11 is 0. The molecule has 2 heterocycles. The molecule has 1 amide bonds. The van der Waals surface area contributed by atoms with Gasteiger partial charge in [0.25, 0.3) is 0 Å². The van der Waals surface area contributed by atoms with Crippen molar-refractivity contribution in [2.75, 3.05) is 6.61 Å². The Kier molecular flexibility index (Phi) is 5.16. The summed E-state index contributed by atoms with van der Waals surface area (Å²) in [5.74, 6) is 0.277. The molecule has 26 heavy (non-hydrogen) atoms. The minimum absolute atomic E-state index is 0.0652. The Morgan fingerprint density at radius 3 is 2.69 bits per heavy atom. The first-order chi connectivity index (χ1) is 12.6. The molecule has 5 nitrogen and oxygen atoms in total. The van der Waals surface area contributed by atoms with Crippen molar-refractivity contribution in [2.24, 2.45) is 0 Å². The van der Waals surface area contributed by atoms with E-state index in [0.717, 1.165) is 74.2 Å². The molecule has 142 valence electrons. The van der Waals surface area contributed by atoms with Gasteiger partial charge in [0.15, 0.2) is 5.78 Å². The molecule has 0 bridgehead atoms. The first-order valence-corrected chi connectivity index (χ1v) is 10.3. The number of carbonyl (C=O) groups is 2. The number of ketones is 1. The van der Waals surface area contributed by atoms with Crippen molar-refractivity contribution in [1.29, 1.82) is 0 Å². The molecular weight excluding hydrogens is 328 g/mol. The monoisotopic (exact) mass is 358 g/mol. The summed E-state index contributed by atoms with van der Waals surface area (Å²) in [7, 11) is 0. The number of amides is 1. The quantitative estimate of drug-likeness (QED) is 0.880. The molecule has 0 spiro atoms. The molecule has 1 N–H and O–H groups in total. The first kappa shape index (κ1) is 17.8. The number of nitrogens with zero attached hydrogens (tertiary/aromatic N) is 1. The molecule has 1 atom stereocenters. The zero-order valence-electron chi connectivity index (χ0n) is 15.8. The molecule has 5 heteroatoms. The van der Waals surface area contributed by atoms with Gasteiger partial charge in [0.2, 0.25) is 5.91 Å². The van der Waals surface area contributed by atoms with Crippen LogP contribution in [-0.2, 0) is 28.9 Å². The van der Waals surface area contributed by atoms with Gasteiger partial charge in [0.1, 0.15) is 0 Å². The highest BCUT2D eigenvalue weighted by molar-refractivity contribution is 6.01. The highest BCUT2D eigenvalue weighted by atomic mass is 16.5. The van der Waals surface area contributed by atoms with Gasteiger partial charge in [0.05, 0.1) is 12.5 Å². The van der Waals surface area contributed by atoms with E-state index in [1.54, 1.807) is 0 Å². The lowest BCUT2D eigenvalue weighted by Crippen LogP contribution is -2.34. The summed E-state index contributed by atoms with van der Waals surface area (Å²) < 4.78 is 8.10. The third-order valence-corrected chi connectivity index (χ3v) is 6.32. The van der Waals surface area contributed by atoms with E-state index in [9.17, 15) is 9.59 Å². The van der Waals surface area contributed by atoms with Gasteiger partial charge in [-0.3, -0.25) is 9.59 Å². The third kappa shape index (κ3) is 3.46. The van der Waals surface area contributed by atoms with E-state index < -0.39 is 0 Å². The van der Waals surface area contributed by atoms with E-state index in [1.807, 2.05) is 0 Å². The van der Waals surface area contributed by atoms with Crippen molar-refractivity contribution in [3.05, 3.63) is 22.5 Å². The molecule has 0 aromatic carbocycles. The molecular formula is C21H30N2O3. The van der Waals surface area contributed by atoms with Crippen molar-refractivity contribution < 1.29 is 14.3 Å². The number of aromatic nitrogens is 1. The number of ether oxygens (including phenoxy) is 1. The van der Waals surface area contributed by atoms with Gasteiger partial charge < -0.3 is 14.6 Å². The number of fused-ring (bicyclic) bond motifs is 1. The first-order valence-electron chi connectivity index (χ1n) is 10.3. The molecule has 1 aromatic heterocycles. The van der Waals surface area contributed by atoms with Crippen molar-refractivity contribution in [2.45, 2.75) is 89.8 Å². The summed E-state index contributed by atoms with van der Waals surface area (Å²) in [6.45, 7) is 3.72. The van der Waals surface area contributed by atoms with E-state index in [2.05, 4.69) is 16.8 Å². The molecule has 1 saturated heterocycles. The Labute approximate surface area is 155 Å². The molecule has 1 aliphatic heterocycles. The normalized spacial score (nSPS) is 23.4. The van der Waals surface area contributed by atoms with E-state index in [-0.39, 0.29) is 17.8 Å². The van der Waals surface area contributed by atoms with Crippen LogP contribution >= 0.6 is 0 Å². The average molecular weight is 358 g/mol. The van der Waals surface area contributed by atoms with E-state index >= 15 is 0 Å². The molecule has 1 aromatic rings. The largest absolute Gasteiger partial charge is 0.376 e. The van der Waals surface area contributed by atoms with E-state index in [4.69, 9.17) is 4.74 Å². The van der Waals surface area contributed by atoms with Gasteiger partial charge in [-0.05, 0) is 51.0 Å². The van der Waals surface area contributed by atoms with Gasteiger partial charge >= 0.3 is 0 Å². The van der Waals surface area contributed by atoms with Crippen LogP contribution in [0.25, 0.3) is 0 Å². The Bertz CT molecular complexity index is 695. The van der Waals surface area contributed by atoms with E-state index in [0.29, 0.717) is 18.9 Å².